The van der Waals surface area contributed by atoms with Crippen LogP contribution in [-0.2, 0) is 16.6 Å². The van der Waals surface area contributed by atoms with Gasteiger partial charge in [0.15, 0.2) is 5.82 Å². The van der Waals surface area contributed by atoms with E-state index in [2.05, 4.69) is 20.2 Å². The topological polar surface area (TPSA) is 106 Å². The van der Waals surface area contributed by atoms with E-state index in [0.29, 0.717) is 22.8 Å². The van der Waals surface area contributed by atoms with Gasteiger partial charge in [0.1, 0.15) is 6.33 Å². The van der Waals surface area contributed by atoms with Crippen LogP contribution >= 0.6 is 0 Å². The van der Waals surface area contributed by atoms with Crippen LogP contribution in [0, 0.1) is 0 Å². The first kappa shape index (κ1) is 21.3. The Morgan fingerprint density at radius 3 is 2.38 bits per heavy atom. The molecule has 162 valence electrons. The molecule has 0 aliphatic carbocycles. The fourth-order valence-electron chi connectivity index (χ4n) is 3.15. The molecule has 0 atom stereocenters. The molecule has 8 nitrogen and oxygen atoms in total. The molecule has 0 saturated carbocycles. The maximum atomic E-state index is 12.7. The summed E-state index contributed by atoms with van der Waals surface area (Å²) in [5.74, 6) is 0.364. The van der Waals surface area contributed by atoms with E-state index in [4.69, 9.17) is 0 Å². The lowest BCUT2D eigenvalue weighted by molar-refractivity contribution is 0.102. The van der Waals surface area contributed by atoms with Gasteiger partial charge in [0.2, 0.25) is 0 Å². The summed E-state index contributed by atoms with van der Waals surface area (Å²) in [7, 11) is -3.75. The first-order chi connectivity index (χ1) is 15.5. The van der Waals surface area contributed by atoms with Gasteiger partial charge in [0, 0.05) is 29.0 Å². The number of amides is 1. The highest BCUT2D eigenvalue weighted by molar-refractivity contribution is 7.92. The van der Waals surface area contributed by atoms with Crippen molar-refractivity contribution in [2.75, 3.05) is 10.0 Å². The van der Waals surface area contributed by atoms with E-state index in [-0.39, 0.29) is 10.8 Å². The lowest BCUT2D eigenvalue weighted by Gasteiger charge is -2.10. The predicted molar refractivity (Wildman–Crippen MR) is 123 cm³/mol. The summed E-state index contributed by atoms with van der Waals surface area (Å²) in [6.07, 6.45) is 1.66. The Kier molecular flexibility index (Phi) is 6.00. The second kappa shape index (κ2) is 9.03. The Bertz CT molecular complexity index is 1330. The van der Waals surface area contributed by atoms with Crippen LogP contribution in [-0.4, -0.2) is 29.1 Å². The van der Waals surface area contributed by atoms with Crippen molar-refractivity contribution in [2.24, 2.45) is 0 Å². The van der Waals surface area contributed by atoms with Gasteiger partial charge in [0.25, 0.3) is 15.9 Å². The molecule has 1 aromatic heterocycles. The smallest absolute Gasteiger partial charge is 0.261 e. The minimum Gasteiger partial charge on any atom is -0.322 e. The van der Waals surface area contributed by atoms with Gasteiger partial charge in [-0.15, -0.1) is 10.2 Å². The van der Waals surface area contributed by atoms with Gasteiger partial charge in [-0.25, -0.2) is 8.42 Å². The Morgan fingerprint density at radius 1 is 0.938 bits per heavy atom. The Balaban J connectivity index is 1.48. The van der Waals surface area contributed by atoms with Gasteiger partial charge in [-0.3, -0.25) is 9.52 Å². The van der Waals surface area contributed by atoms with E-state index < -0.39 is 10.0 Å². The van der Waals surface area contributed by atoms with Crippen molar-refractivity contribution in [3.05, 3.63) is 90.8 Å². The third kappa shape index (κ3) is 4.68. The lowest BCUT2D eigenvalue weighted by Crippen LogP contribution is -2.14. The number of nitrogens with zero attached hydrogens (tertiary/aromatic N) is 3. The number of hydrogen-bond acceptors (Lipinski definition) is 5. The molecule has 0 spiro atoms. The number of carbonyl (C=O) groups is 1. The number of aromatic nitrogens is 3. The van der Waals surface area contributed by atoms with Crippen LogP contribution in [0.4, 0.5) is 11.4 Å². The van der Waals surface area contributed by atoms with E-state index >= 15 is 0 Å². The van der Waals surface area contributed by atoms with Gasteiger partial charge in [-0.05, 0) is 55.5 Å². The molecule has 4 rings (SSSR count). The van der Waals surface area contributed by atoms with E-state index in [1.165, 1.54) is 24.3 Å². The Hall–Kier alpha value is -3.98. The molecule has 0 unspecified atom stereocenters. The molecule has 1 amide bonds. The molecule has 9 heteroatoms. The highest BCUT2D eigenvalue weighted by Gasteiger charge is 2.15. The molecule has 0 aliphatic heterocycles. The molecule has 4 aromatic rings. The van der Waals surface area contributed by atoms with Crippen molar-refractivity contribution < 1.29 is 13.2 Å². The number of sulfonamides is 1. The van der Waals surface area contributed by atoms with Crippen LogP contribution in [0.2, 0.25) is 0 Å². The minimum atomic E-state index is -3.75. The third-order valence-electron chi connectivity index (χ3n) is 4.79. The van der Waals surface area contributed by atoms with Crippen molar-refractivity contribution in [2.45, 2.75) is 18.4 Å². The second-order valence-electron chi connectivity index (χ2n) is 6.97. The number of carbonyl (C=O) groups excluding carboxylic acids is 1. The molecule has 1 heterocycles. The van der Waals surface area contributed by atoms with E-state index in [1.807, 2.05) is 29.7 Å². The van der Waals surface area contributed by atoms with Gasteiger partial charge >= 0.3 is 0 Å². The van der Waals surface area contributed by atoms with E-state index in [0.717, 1.165) is 12.1 Å². The zero-order valence-electron chi connectivity index (χ0n) is 17.3. The quantitative estimate of drug-likeness (QED) is 0.445. The number of benzene rings is 3. The first-order valence-electron chi connectivity index (χ1n) is 9.94. The molecule has 3 aromatic carbocycles. The number of nitrogens with one attached hydrogen (secondary N) is 2. The van der Waals surface area contributed by atoms with Crippen molar-refractivity contribution in [3.8, 4) is 11.4 Å². The van der Waals surface area contributed by atoms with Crippen LogP contribution in [0.1, 0.15) is 17.3 Å². The van der Waals surface area contributed by atoms with Crippen molar-refractivity contribution in [3.63, 3.8) is 0 Å². The van der Waals surface area contributed by atoms with E-state index in [1.54, 1.807) is 42.7 Å². The fraction of sp³-hybridized carbons (Fsp3) is 0.0870. The zero-order chi connectivity index (χ0) is 22.6. The number of hydrogen-bond donors (Lipinski definition) is 2. The Morgan fingerprint density at radius 2 is 1.66 bits per heavy atom. The molecule has 2 N–H and O–H groups in total. The number of aryl methyl sites for hydroxylation is 1. The summed E-state index contributed by atoms with van der Waals surface area (Å²) in [4.78, 5) is 12.7. The molecule has 32 heavy (non-hydrogen) atoms. The summed E-state index contributed by atoms with van der Waals surface area (Å²) in [5, 5.41) is 10.9. The number of para-hydroxylation sites is 1. The summed E-state index contributed by atoms with van der Waals surface area (Å²) in [6, 6.07) is 21.7. The zero-order valence-corrected chi connectivity index (χ0v) is 18.1. The molecule has 0 fully saturated rings. The predicted octanol–water partition coefficient (Wildman–Crippen LogP) is 4.02. The minimum absolute atomic E-state index is 0.0683. The van der Waals surface area contributed by atoms with Crippen LogP contribution in [0.15, 0.2) is 90.1 Å². The highest BCUT2D eigenvalue weighted by atomic mass is 32.2. The van der Waals surface area contributed by atoms with Gasteiger partial charge in [0.05, 0.1) is 4.90 Å². The van der Waals surface area contributed by atoms with Crippen LogP contribution in [0.3, 0.4) is 0 Å². The Labute approximate surface area is 186 Å². The largest absolute Gasteiger partial charge is 0.322 e. The van der Waals surface area contributed by atoms with Gasteiger partial charge in [-0.1, -0.05) is 30.3 Å². The SMILES string of the molecule is CCn1cnnc1-c1cccc(NC(=O)c2ccc(S(=O)(=O)Nc3ccccc3)cc2)c1. The normalized spacial score (nSPS) is 11.2. The third-order valence-corrected chi connectivity index (χ3v) is 6.18. The molecular formula is C23H21N5O3S. The van der Waals surface area contributed by atoms with Crippen LogP contribution in [0.5, 0.6) is 0 Å². The highest BCUT2D eigenvalue weighted by Crippen LogP contribution is 2.22. The van der Waals surface area contributed by atoms with Crippen molar-refractivity contribution in [1.29, 1.82) is 0 Å². The van der Waals surface area contributed by atoms with Crippen molar-refractivity contribution in [1.82, 2.24) is 14.8 Å². The summed E-state index contributed by atoms with van der Waals surface area (Å²) >= 11 is 0. The molecular weight excluding hydrogens is 426 g/mol. The monoisotopic (exact) mass is 447 g/mol. The summed E-state index contributed by atoms with van der Waals surface area (Å²) < 4.78 is 29.5. The van der Waals surface area contributed by atoms with E-state index in [9.17, 15) is 13.2 Å². The fourth-order valence-corrected chi connectivity index (χ4v) is 4.21. The van der Waals surface area contributed by atoms with Crippen LogP contribution in [0.25, 0.3) is 11.4 Å². The average molecular weight is 448 g/mol. The molecule has 0 saturated heterocycles. The van der Waals surface area contributed by atoms with Gasteiger partial charge in [-0.2, -0.15) is 0 Å². The first-order valence-corrected chi connectivity index (χ1v) is 11.4. The summed E-state index contributed by atoms with van der Waals surface area (Å²) in [5.41, 5.74) is 2.23. The number of anilines is 2. The number of rotatable bonds is 7. The molecule has 0 aliphatic rings. The van der Waals surface area contributed by atoms with Crippen molar-refractivity contribution >= 4 is 27.3 Å². The lowest BCUT2D eigenvalue weighted by atomic mass is 10.1. The molecule has 0 radical (unpaired) electrons. The maximum absolute atomic E-state index is 12.7. The summed E-state index contributed by atoms with van der Waals surface area (Å²) in [6.45, 7) is 2.73. The standard InChI is InChI=1S/C23H21N5O3S/c1-2-28-16-24-26-22(28)18-7-6-10-20(15-18)25-23(29)17-11-13-21(14-12-17)32(30,31)27-19-8-4-3-5-9-19/h3-16,27H,2H2,1H3,(H,25,29). The maximum Gasteiger partial charge on any atom is 0.261 e. The van der Waals surface area contributed by atoms with Gasteiger partial charge < -0.3 is 9.88 Å². The van der Waals surface area contributed by atoms with Crippen LogP contribution < -0.4 is 10.0 Å². The molecule has 0 bridgehead atoms. The second-order valence-corrected chi connectivity index (χ2v) is 8.65. The average Bonchev–Trinajstić information content (AvgIpc) is 3.29.